The monoisotopic (exact) mass is 857 g/mol. The van der Waals surface area contributed by atoms with Gasteiger partial charge in [0.05, 0.1) is 63.0 Å². The van der Waals surface area contributed by atoms with Crippen molar-refractivity contribution in [1.82, 2.24) is 24.1 Å². The molecule has 300 valence electrons. The van der Waals surface area contributed by atoms with E-state index in [1.807, 2.05) is 23.6 Å². The van der Waals surface area contributed by atoms with Crippen LogP contribution in [0.2, 0.25) is 0 Å². The lowest BCUT2D eigenvalue weighted by atomic mass is 10.1. The summed E-state index contributed by atoms with van der Waals surface area (Å²) in [4.78, 5) is 13.4. The van der Waals surface area contributed by atoms with Crippen molar-refractivity contribution in [2.45, 2.75) is 57.4 Å². The summed E-state index contributed by atoms with van der Waals surface area (Å²) in [7, 11) is 2.38. The number of methoxy groups -OCH3 is 2. The summed E-state index contributed by atoms with van der Waals surface area (Å²) in [5, 5.41) is 0. The van der Waals surface area contributed by atoms with Crippen molar-refractivity contribution < 1.29 is 54.1 Å². The average Bonchev–Trinajstić information content (AvgIpc) is 3.46. The number of imidazole rings is 2. The van der Waals surface area contributed by atoms with Gasteiger partial charge in [-0.1, -0.05) is 12.1 Å². The maximum Gasteiger partial charge on any atom is 0.419 e. The van der Waals surface area contributed by atoms with Gasteiger partial charge in [-0.15, -0.1) is 0 Å². The second-order valence-corrected chi connectivity index (χ2v) is 13.7. The Morgan fingerprint density at radius 1 is 0.714 bits per heavy atom. The van der Waals surface area contributed by atoms with Gasteiger partial charge in [-0.3, -0.25) is 4.98 Å². The molecule has 56 heavy (non-hydrogen) atoms. The molecule has 0 spiro atoms. The summed E-state index contributed by atoms with van der Waals surface area (Å²) >= 11 is 3.37. The highest BCUT2D eigenvalue weighted by Gasteiger charge is 2.36. The zero-order valence-corrected chi connectivity index (χ0v) is 31.9. The highest BCUT2D eigenvalue weighted by molar-refractivity contribution is 9.10. The van der Waals surface area contributed by atoms with Gasteiger partial charge in [0.15, 0.2) is 0 Å². The Labute approximate surface area is 324 Å². The first-order valence-electron chi connectivity index (χ1n) is 17.3. The van der Waals surface area contributed by atoms with E-state index in [-0.39, 0.29) is 24.6 Å². The van der Waals surface area contributed by atoms with Crippen LogP contribution in [0, 0.1) is 6.92 Å². The third-order valence-electron chi connectivity index (χ3n) is 9.30. The number of nitrogens with zero attached hydrogens (tertiary/aromatic N) is 5. The second-order valence-electron chi connectivity index (χ2n) is 12.9. The standard InChI is InChI=1S/C22H21F4N3O2.C16H15BrF4N2O2/c1-13-9-14(5-7-27-13)20-18-6-8-31-16(11-23)12-29(18)21(28-20)15-3-4-17(22(24,25)26)19(10-15)30-2;1-24-13-6-9(2-3-11(13)16(19,20)21)15-22-14(17)12-4-5-25-10(7-18)8-23(12)15/h3-5,7,9-10,16H,6,8,11-12H2,1-2H3;2-3,6,10H,4-5,7-8H2,1H3/t16-;10-/m11/s1. The fourth-order valence-electron chi connectivity index (χ4n) is 6.67. The van der Waals surface area contributed by atoms with Gasteiger partial charge in [0, 0.05) is 47.1 Å². The molecule has 0 aliphatic carbocycles. The van der Waals surface area contributed by atoms with Crippen LogP contribution < -0.4 is 9.47 Å². The van der Waals surface area contributed by atoms with E-state index in [9.17, 15) is 35.1 Å². The van der Waals surface area contributed by atoms with Crippen LogP contribution in [0.3, 0.4) is 0 Å². The number of hydrogen-bond donors (Lipinski definition) is 0. The maximum absolute atomic E-state index is 13.5. The van der Waals surface area contributed by atoms with E-state index in [0.29, 0.717) is 59.1 Å². The van der Waals surface area contributed by atoms with Crippen LogP contribution in [-0.4, -0.2) is 77.1 Å². The first-order chi connectivity index (χ1) is 26.7. The number of pyridine rings is 1. The van der Waals surface area contributed by atoms with Crippen LogP contribution in [0.4, 0.5) is 35.1 Å². The molecule has 18 heteroatoms. The predicted octanol–water partition coefficient (Wildman–Crippen LogP) is 9.11. The minimum atomic E-state index is -4.54. The molecule has 0 N–H and O–H groups in total. The molecular formula is C38H36BrF8N5O4. The van der Waals surface area contributed by atoms with Gasteiger partial charge in [-0.05, 0) is 59.3 Å². The molecule has 0 saturated heterocycles. The van der Waals surface area contributed by atoms with Crippen molar-refractivity contribution in [2.75, 3.05) is 40.8 Å². The Balaban J connectivity index is 0.000000194. The lowest BCUT2D eigenvalue weighted by molar-refractivity contribution is -0.139. The Kier molecular flexibility index (Phi) is 12.4. The molecule has 2 aromatic carbocycles. The number of rotatable bonds is 7. The summed E-state index contributed by atoms with van der Waals surface area (Å²) in [5.74, 6) is 0.300. The smallest absolute Gasteiger partial charge is 0.419 e. The summed E-state index contributed by atoms with van der Waals surface area (Å²) in [6.07, 6.45) is -7.62. The number of hydrogen-bond acceptors (Lipinski definition) is 7. The van der Waals surface area contributed by atoms with Crippen molar-refractivity contribution >= 4 is 15.9 Å². The number of ether oxygens (including phenoxy) is 4. The SMILES string of the molecule is COc1cc(-c2nc(-c3ccnc(C)c3)c3n2C[C@@H](CF)OCC3)ccc1C(F)(F)F.COc1cc(-c2nc(Br)c3n2C[C@@H](CF)OCC3)ccc1C(F)(F)F. The minimum absolute atomic E-state index is 0.210. The predicted molar refractivity (Wildman–Crippen MR) is 193 cm³/mol. The normalized spacial score (nSPS) is 17.2. The van der Waals surface area contributed by atoms with Crippen molar-refractivity contribution in [2.24, 2.45) is 0 Å². The van der Waals surface area contributed by atoms with Crippen LogP contribution in [-0.2, 0) is 47.8 Å². The fraction of sp³-hybridized carbons (Fsp3) is 0.395. The van der Waals surface area contributed by atoms with Crippen molar-refractivity contribution in [3.8, 4) is 45.5 Å². The third kappa shape index (κ3) is 8.71. The molecule has 0 amide bonds. The highest BCUT2D eigenvalue weighted by atomic mass is 79.9. The highest BCUT2D eigenvalue weighted by Crippen LogP contribution is 2.41. The second kappa shape index (κ2) is 16.9. The topological polar surface area (TPSA) is 85.5 Å². The van der Waals surface area contributed by atoms with E-state index >= 15 is 0 Å². The van der Waals surface area contributed by atoms with Crippen molar-refractivity contribution in [3.63, 3.8) is 0 Å². The molecule has 7 rings (SSSR count). The van der Waals surface area contributed by atoms with Gasteiger partial charge in [0.25, 0.3) is 0 Å². The van der Waals surface area contributed by atoms with Crippen LogP contribution in [0.1, 0.15) is 28.2 Å². The first kappa shape index (κ1) is 41.1. The molecule has 0 saturated carbocycles. The first-order valence-corrected chi connectivity index (χ1v) is 18.1. The molecule has 5 aromatic rings. The van der Waals surface area contributed by atoms with E-state index < -0.39 is 49.0 Å². The Morgan fingerprint density at radius 3 is 1.70 bits per heavy atom. The number of aromatic nitrogens is 5. The molecule has 2 aliphatic rings. The van der Waals surface area contributed by atoms with Crippen molar-refractivity contribution in [1.29, 1.82) is 0 Å². The van der Waals surface area contributed by atoms with E-state index in [4.69, 9.17) is 23.9 Å². The summed E-state index contributed by atoms with van der Waals surface area (Å²) in [5.41, 5.74) is 3.17. The van der Waals surface area contributed by atoms with Gasteiger partial charge in [-0.2, -0.15) is 26.3 Å². The molecule has 0 fully saturated rings. The van der Waals surface area contributed by atoms with E-state index in [1.54, 1.807) is 10.8 Å². The minimum Gasteiger partial charge on any atom is -0.496 e. The maximum atomic E-state index is 13.5. The summed E-state index contributed by atoms with van der Waals surface area (Å²) in [6.45, 7) is 1.68. The average molecular weight is 859 g/mol. The van der Waals surface area contributed by atoms with Gasteiger partial charge in [0.2, 0.25) is 0 Å². The van der Waals surface area contributed by atoms with Gasteiger partial charge >= 0.3 is 12.4 Å². The van der Waals surface area contributed by atoms with Crippen LogP contribution >= 0.6 is 15.9 Å². The van der Waals surface area contributed by atoms with E-state index in [2.05, 4.69) is 25.9 Å². The molecule has 9 nitrogen and oxygen atoms in total. The summed E-state index contributed by atoms with van der Waals surface area (Å²) in [6, 6.07) is 11.0. The zero-order valence-electron chi connectivity index (χ0n) is 30.3. The largest absolute Gasteiger partial charge is 0.496 e. The molecule has 2 atom stereocenters. The quantitative estimate of drug-likeness (QED) is 0.151. The number of halogens is 9. The molecule has 0 radical (unpaired) electrons. The van der Waals surface area contributed by atoms with E-state index in [0.717, 1.165) is 34.8 Å². The number of alkyl halides is 8. The van der Waals surface area contributed by atoms with Crippen LogP contribution in [0.25, 0.3) is 34.0 Å². The fourth-order valence-corrected chi connectivity index (χ4v) is 7.25. The molecule has 2 aliphatic heterocycles. The molecule has 0 bridgehead atoms. The molecule has 3 aromatic heterocycles. The number of aryl methyl sites for hydroxylation is 1. The third-order valence-corrected chi connectivity index (χ3v) is 9.93. The number of benzene rings is 2. The van der Waals surface area contributed by atoms with Gasteiger partial charge < -0.3 is 28.1 Å². The Hall–Kier alpha value is -4.55. The van der Waals surface area contributed by atoms with Crippen LogP contribution in [0.5, 0.6) is 11.5 Å². The zero-order chi connectivity index (χ0) is 40.4. The summed E-state index contributed by atoms with van der Waals surface area (Å²) < 4.78 is 131. The van der Waals surface area contributed by atoms with Crippen molar-refractivity contribution in [3.05, 3.63) is 87.5 Å². The van der Waals surface area contributed by atoms with Gasteiger partial charge in [0.1, 0.15) is 53.3 Å². The van der Waals surface area contributed by atoms with Gasteiger partial charge in [-0.25, -0.2) is 18.7 Å². The number of fused-ring (bicyclic) bond motifs is 2. The molecule has 0 unspecified atom stereocenters. The molecule has 5 heterocycles. The van der Waals surface area contributed by atoms with Crippen LogP contribution in [0.15, 0.2) is 59.3 Å². The lowest BCUT2D eigenvalue weighted by Gasteiger charge is -2.16. The molecular weight excluding hydrogens is 822 g/mol. The van der Waals surface area contributed by atoms with E-state index in [1.165, 1.54) is 38.5 Å². The Bertz CT molecular complexity index is 2170. The Morgan fingerprint density at radius 2 is 1.21 bits per heavy atom. The lowest BCUT2D eigenvalue weighted by Crippen LogP contribution is -2.21.